The second-order valence-electron chi connectivity index (χ2n) is 5.03. The molecule has 0 aromatic rings. The van der Waals surface area contributed by atoms with Crippen LogP contribution in [0.2, 0.25) is 0 Å². The zero-order valence-corrected chi connectivity index (χ0v) is 10.0. The van der Waals surface area contributed by atoms with Crippen LogP contribution in [0.25, 0.3) is 0 Å². The molecule has 0 radical (unpaired) electrons. The zero-order valence-electron chi connectivity index (χ0n) is 10.0. The van der Waals surface area contributed by atoms with Gasteiger partial charge in [0.1, 0.15) is 0 Å². The number of nitrogens with one attached hydrogen (secondary N) is 1. The number of nitrogens with zero attached hydrogens (tertiary/aromatic N) is 1. The minimum absolute atomic E-state index is 0.0343. The lowest BCUT2D eigenvalue weighted by molar-refractivity contribution is -0.137. The van der Waals surface area contributed by atoms with Gasteiger partial charge in [0.25, 0.3) is 0 Å². The number of rotatable bonds is 7. The van der Waals surface area contributed by atoms with E-state index < -0.39 is 5.97 Å². The summed E-state index contributed by atoms with van der Waals surface area (Å²) in [5.74, 6) is -0.0369. The number of carboxylic acids is 1. The Balaban J connectivity index is 1.69. The summed E-state index contributed by atoms with van der Waals surface area (Å²) in [5, 5.41) is 11.5. The lowest BCUT2D eigenvalue weighted by Crippen LogP contribution is -2.42. The molecule has 17 heavy (non-hydrogen) atoms. The highest BCUT2D eigenvalue weighted by Gasteiger charge is 2.32. The van der Waals surface area contributed by atoms with E-state index in [2.05, 4.69) is 5.32 Å². The molecule has 5 heteroatoms. The van der Waals surface area contributed by atoms with Crippen LogP contribution >= 0.6 is 0 Å². The van der Waals surface area contributed by atoms with Crippen LogP contribution in [-0.4, -0.2) is 41.1 Å². The van der Waals surface area contributed by atoms with Crippen molar-refractivity contribution >= 4 is 12.0 Å². The van der Waals surface area contributed by atoms with E-state index in [1.165, 1.54) is 12.8 Å². The van der Waals surface area contributed by atoms with Crippen molar-refractivity contribution in [1.82, 2.24) is 10.2 Å². The second-order valence-corrected chi connectivity index (χ2v) is 5.03. The van der Waals surface area contributed by atoms with E-state index in [1.54, 1.807) is 4.90 Å². The van der Waals surface area contributed by atoms with Crippen LogP contribution in [-0.2, 0) is 4.79 Å². The fraction of sp³-hybridized carbons (Fsp3) is 0.833. The average Bonchev–Trinajstić information content (AvgIpc) is 3.12. The first-order chi connectivity index (χ1) is 8.16. The lowest BCUT2D eigenvalue weighted by Gasteiger charge is -2.22. The molecular weight excluding hydrogens is 220 g/mol. The third-order valence-electron chi connectivity index (χ3n) is 3.34. The van der Waals surface area contributed by atoms with Gasteiger partial charge in [0.05, 0.1) is 6.42 Å². The number of carbonyl (C=O) groups is 2. The van der Waals surface area contributed by atoms with E-state index >= 15 is 0 Å². The number of hydrogen-bond acceptors (Lipinski definition) is 2. The maximum atomic E-state index is 11.9. The topological polar surface area (TPSA) is 69.6 Å². The first-order valence-electron chi connectivity index (χ1n) is 6.43. The van der Waals surface area contributed by atoms with E-state index in [0.29, 0.717) is 6.54 Å². The number of carbonyl (C=O) groups excluding carboxylic acids is 1. The van der Waals surface area contributed by atoms with Crippen LogP contribution in [0, 0.1) is 5.92 Å². The summed E-state index contributed by atoms with van der Waals surface area (Å²) in [4.78, 5) is 24.1. The standard InChI is InChI=1S/C12H20N2O3/c15-11(16)6-8-14(10-3-4-10)12(17)13-7-5-9-1-2-9/h9-10H,1-8H2,(H,13,17)(H,15,16). The zero-order chi connectivity index (χ0) is 12.3. The van der Waals surface area contributed by atoms with Gasteiger partial charge in [-0.05, 0) is 25.2 Å². The maximum Gasteiger partial charge on any atom is 0.317 e. The first kappa shape index (κ1) is 12.2. The number of carboxylic acid groups (broad SMARTS) is 1. The summed E-state index contributed by atoms with van der Waals surface area (Å²) >= 11 is 0. The van der Waals surface area contributed by atoms with Gasteiger partial charge in [-0.25, -0.2) is 4.79 Å². The number of hydrogen-bond donors (Lipinski definition) is 2. The molecule has 2 saturated carbocycles. The quantitative estimate of drug-likeness (QED) is 0.707. The Bertz CT molecular complexity index is 298. The van der Waals surface area contributed by atoms with Gasteiger partial charge >= 0.3 is 12.0 Å². The highest BCUT2D eigenvalue weighted by Crippen LogP contribution is 2.32. The Kier molecular flexibility index (Phi) is 3.86. The normalized spacial score (nSPS) is 18.8. The Hall–Kier alpha value is -1.26. The van der Waals surface area contributed by atoms with Gasteiger partial charge in [-0.2, -0.15) is 0 Å². The van der Waals surface area contributed by atoms with Crippen molar-refractivity contribution in [3.05, 3.63) is 0 Å². The molecule has 2 aliphatic rings. The summed E-state index contributed by atoms with van der Waals surface area (Å²) in [7, 11) is 0. The summed E-state index contributed by atoms with van der Waals surface area (Å²) in [6.07, 6.45) is 5.70. The van der Waals surface area contributed by atoms with Crippen molar-refractivity contribution in [2.45, 2.75) is 44.6 Å². The van der Waals surface area contributed by atoms with Gasteiger partial charge in [-0.15, -0.1) is 0 Å². The minimum Gasteiger partial charge on any atom is -0.481 e. The largest absolute Gasteiger partial charge is 0.481 e. The van der Waals surface area contributed by atoms with Gasteiger partial charge in [0.2, 0.25) is 0 Å². The summed E-state index contributed by atoms with van der Waals surface area (Å²) in [5.41, 5.74) is 0. The van der Waals surface area contributed by atoms with Crippen molar-refractivity contribution in [2.24, 2.45) is 5.92 Å². The maximum absolute atomic E-state index is 11.9. The molecule has 2 fully saturated rings. The van der Waals surface area contributed by atoms with Crippen molar-refractivity contribution in [2.75, 3.05) is 13.1 Å². The highest BCUT2D eigenvalue weighted by atomic mass is 16.4. The van der Waals surface area contributed by atoms with E-state index in [0.717, 1.165) is 31.7 Å². The van der Waals surface area contributed by atoms with Crippen LogP contribution in [0.5, 0.6) is 0 Å². The molecule has 96 valence electrons. The van der Waals surface area contributed by atoms with Gasteiger partial charge in [-0.1, -0.05) is 12.8 Å². The predicted molar refractivity (Wildman–Crippen MR) is 62.7 cm³/mol. The SMILES string of the molecule is O=C(O)CCN(C(=O)NCCC1CC1)C1CC1. The second kappa shape index (κ2) is 5.38. The number of urea groups is 1. The minimum atomic E-state index is -0.846. The molecule has 0 spiro atoms. The summed E-state index contributed by atoms with van der Waals surface area (Å²) in [6, 6.07) is 0.185. The molecule has 0 heterocycles. The molecule has 0 atom stereocenters. The Morgan fingerprint density at radius 3 is 2.47 bits per heavy atom. The summed E-state index contributed by atoms with van der Waals surface area (Å²) in [6.45, 7) is 1.05. The van der Waals surface area contributed by atoms with Crippen molar-refractivity contribution in [1.29, 1.82) is 0 Å². The molecular formula is C12H20N2O3. The van der Waals surface area contributed by atoms with Crippen LogP contribution in [0.1, 0.15) is 38.5 Å². The predicted octanol–water partition coefficient (Wildman–Crippen LogP) is 1.44. The van der Waals surface area contributed by atoms with E-state index in [1.807, 2.05) is 0 Å². The van der Waals surface area contributed by atoms with Gasteiger partial charge < -0.3 is 15.3 Å². The first-order valence-corrected chi connectivity index (χ1v) is 6.43. The Labute approximate surface area is 101 Å². The van der Waals surface area contributed by atoms with Gasteiger partial charge in [0, 0.05) is 19.1 Å². The molecule has 2 amide bonds. The smallest absolute Gasteiger partial charge is 0.317 e. The molecule has 0 saturated heterocycles. The summed E-state index contributed by atoms with van der Waals surface area (Å²) < 4.78 is 0. The average molecular weight is 240 g/mol. The molecule has 0 unspecified atom stereocenters. The Morgan fingerprint density at radius 2 is 1.94 bits per heavy atom. The number of amides is 2. The van der Waals surface area contributed by atoms with Gasteiger partial charge in [-0.3, -0.25) is 4.79 Å². The molecule has 0 aromatic carbocycles. The van der Waals surface area contributed by atoms with E-state index in [-0.39, 0.29) is 18.5 Å². The molecule has 0 aliphatic heterocycles. The van der Waals surface area contributed by atoms with Crippen molar-refractivity contribution in [3.8, 4) is 0 Å². The fourth-order valence-electron chi connectivity index (χ4n) is 1.94. The van der Waals surface area contributed by atoms with Crippen LogP contribution in [0.3, 0.4) is 0 Å². The van der Waals surface area contributed by atoms with E-state index in [4.69, 9.17) is 5.11 Å². The lowest BCUT2D eigenvalue weighted by atomic mass is 10.3. The van der Waals surface area contributed by atoms with Crippen LogP contribution < -0.4 is 5.32 Å². The molecule has 2 rings (SSSR count). The number of aliphatic carboxylic acids is 1. The van der Waals surface area contributed by atoms with Crippen molar-refractivity contribution in [3.63, 3.8) is 0 Å². The molecule has 5 nitrogen and oxygen atoms in total. The third kappa shape index (κ3) is 4.24. The van der Waals surface area contributed by atoms with Crippen LogP contribution in [0.15, 0.2) is 0 Å². The molecule has 2 aliphatic carbocycles. The monoisotopic (exact) mass is 240 g/mol. The molecule has 0 aromatic heterocycles. The molecule has 0 bridgehead atoms. The Morgan fingerprint density at radius 1 is 1.24 bits per heavy atom. The molecule has 2 N–H and O–H groups in total. The fourth-order valence-corrected chi connectivity index (χ4v) is 1.94. The third-order valence-corrected chi connectivity index (χ3v) is 3.34. The van der Waals surface area contributed by atoms with Crippen molar-refractivity contribution < 1.29 is 14.7 Å². The van der Waals surface area contributed by atoms with Gasteiger partial charge in [0.15, 0.2) is 0 Å². The van der Waals surface area contributed by atoms with E-state index in [9.17, 15) is 9.59 Å². The van der Waals surface area contributed by atoms with Crippen LogP contribution in [0.4, 0.5) is 4.79 Å². The highest BCUT2D eigenvalue weighted by molar-refractivity contribution is 5.76.